The monoisotopic (exact) mass is 668 g/mol. The molecule has 0 saturated heterocycles. The minimum atomic E-state index is 0.121. The summed E-state index contributed by atoms with van der Waals surface area (Å²) in [4.78, 5) is 0. The van der Waals surface area contributed by atoms with Gasteiger partial charge in [-0.25, -0.2) is 0 Å². The van der Waals surface area contributed by atoms with Crippen LogP contribution < -0.4 is 0 Å². The molecule has 0 atom stereocenters. The summed E-state index contributed by atoms with van der Waals surface area (Å²) in [7, 11) is 0. The van der Waals surface area contributed by atoms with E-state index in [2.05, 4.69) is 184 Å². The molecule has 2 heteroatoms. The van der Waals surface area contributed by atoms with Crippen molar-refractivity contribution in [2.75, 3.05) is 0 Å². The number of fused-ring (bicyclic) bond motifs is 14. The van der Waals surface area contributed by atoms with Crippen LogP contribution in [0, 0.1) is 0 Å². The third-order valence-corrected chi connectivity index (χ3v) is 11.9. The Labute approximate surface area is 303 Å². The number of hydrogen-bond acceptors (Lipinski definition) is 0. The second-order valence-electron chi connectivity index (χ2n) is 17.0. The molecule has 0 N–H and O–H groups in total. The van der Waals surface area contributed by atoms with Gasteiger partial charge < -0.3 is 8.80 Å². The largest absolute Gasteiger partial charge is 0.308 e. The lowest BCUT2D eigenvalue weighted by atomic mass is 9.86. The average Bonchev–Trinajstić information content (AvgIpc) is 3.87. The van der Waals surface area contributed by atoms with Gasteiger partial charge in [0.1, 0.15) is 0 Å². The maximum absolute atomic E-state index is 2.55. The third kappa shape index (κ3) is 3.85. The van der Waals surface area contributed by atoms with Crippen molar-refractivity contribution in [3.8, 4) is 22.3 Å². The van der Waals surface area contributed by atoms with Crippen molar-refractivity contribution in [3.05, 3.63) is 145 Å². The van der Waals surface area contributed by atoms with E-state index in [0.29, 0.717) is 0 Å². The smallest absolute Gasteiger partial charge is 0.0634 e. The van der Waals surface area contributed by atoms with Crippen LogP contribution in [-0.2, 0) is 10.8 Å². The van der Waals surface area contributed by atoms with E-state index in [1.54, 1.807) is 0 Å². The first-order valence-electron chi connectivity index (χ1n) is 18.6. The van der Waals surface area contributed by atoms with E-state index in [4.69, 9.17) is 0 Å². The first-order chi connectivity index (χ1) is 25.1. The summed E-state index contributed by atoms with van der Waals surface area (Å²) in [5, 5.41) is 10.7. The van der Waals surface area contributed by atoms with E-state index in [0.717, 1.165) is 0 Å². The van der Waals surface area contributed by atoms with Gasteiger partial charge in [0.25, 0.3) is 0 Å². The van der Waals surface area contributed by atoms with Gasteiger partial charge in [0.15, 0.2) is 0 Å². The number of rotatable bonds is 2. The standard InChI is InChI=1S/C50H40N2/c1-49(2,3)33-21-15-29(16-22-33)31-19-25-41-37(27-31)45-43-35-11-7-10-14-40(35)52-42-26-20-32(30-17-23-34(24-18-30)50(4,5)6)28-38(42)46(48(43)52)44-36-12-8-9-13-39(36)51(41)47(44)45/h7-28H,1-6H3. The van der Waals surface area contributed by atoms with Gasteiger partial charge in [0, 0.05) is 43.1 Å². The van der Waals surface area contributed by atoms with Crippen LogP contribution in [0.1, 0.15) is 52.7 Å². The Hall–Kier alpha value is -5.86. The van der Waals surface area contributed by atoms with Crippen LogP contribution in [0.2, 0.25) is 0 Å². The summed E-state index contributed by atoms with van der Waals surface area (Å²) in [5.74, 6) is 0. The highest BCUT2D eigenvalue weighted by atomic mass is 14.9. The zero-order valence-corrected chi connectivity index (χ0v) is 30.6. The summed E-state index contributed by atoms with van der Waals surface area (Å²) in [5.41, 5.74) is 15.7. The van der Waals surface area contributed by atoms with E-state index in [1.165, 1.54) is 110 Å². The summed E-state index contributed by atoms with van der Waals surface area (Å²) in [6.45, 7) is 13.7. The fraction of sp³-hybridized carbons (Fsp3) is 0.160. The number of aromatic nitrogens is 2. The van der Waals surface area contributed by atoms with Gasteiger partial charge in [-0.1, -0.05) is 139 Å². The summed E-state index contributed by atoms with van der Waals surface area (Å²) in [6.07, 6.45) is 0. The zero-order chi connectivity index (χ0) is 35.3. The molecule has 0 aliphatic heterocycles. The molecule has 0 aliphatic carbocycles. The predicted molar refractivity (Wildman–Crippen MR) is 224 cm³/mol. The predicted octanol–water partition coefficient (Wildman–Crippen LogP) is 13.9. The molecule has 0 unspecified atom stereocenters. The maximum atomic E-state index is 2.55. The molecule has 4 heterocycles. The van der Waals surface area contributed by atoms with E-state index in [-0.39, 0.29) is 10.8 Å². The second kappa shape index (κ2) is 9.92. The normalized spacial score (nSPS) is 13.2. The quantitative estimate of drug-likeness (QED) is 0.173. The number of nitrogens with zero attached hydrogens (tertiary/aromatic N) is 2. The molecule has 52 heavy (non-hydrogen) atoms. The van der Waals surface area contributed by atoms with Crippen LogP contribution in [0.15, 0.2) is 133 Å². The first-order valence-corrected chi connectivity index (χ1v) is 18.6. The van der Waals surface area contributed by atoms with Gasteiger partial charge in [0.2, 0.25) is 0 Å². The van der Waals surface area contributed by atoms with Crippen molar-refractivity contribution in [2.24, 2.45) is 0 Å². The van der Waals surface area contributed by atoms with Gasteiger partial charge in [-0.3, -0.25) is 0 Å². The van der Waals surface area contributed by atoms with E-state index < -0.39 is 0 Å². The van der Waals surface area contributed by atoms with Gasteiger partial charge in [-0.05, 0) is 80.6 Å². The first kappa shape index (κ1) is 29.8. The van der Waals surface area contributed by atoms with Gasteiger partial charge >= 0.3 is 0 Å². The molecule has 11 rings (SSSR count). The highest BCUT2D eigenvalue weighted by Crippen LogP contribution is 2.52. The molecule has 7 aromatic carbocycles. The maximum Gasteiger partial charge on any atom is 0.0634 e. The molecule has 0 bridgehead atoms. The highest BCUT2D eigenvalue weighted by molar-refractivity contribution is 6.45. The van der Waals surface area contributed by atoms with Crippen molar-refractivity contribution in [1.82, 2.24) is 8.80 Å². The number of hydrogen-bond donors (Lipinski definition) is 0. The molecule has 0 fully saturated rings. The third-order valence-electron chi connectivity index (χ3n) is 11.9. The number of para-hydroxylation sites is 2. The molecule has 250 valence electrons. The summed E-state index contributed by atoms with van der Waals surface area (Å²) >= 11 is 0. The van der Waals surface area contributed by atoms with Crippen LogP contribution in [0.3, 0.4) is 0 Å². The Morgan fingerprint density at radius 2 is 0.654 bits per heavy atom. The molecule has 11 aromatic rings. The van der Waals surface area contributed by atoms with Crippen molar-refractivity contribution in [3.63, 3.8) is 0 Å². The van der Waals surface area contributed by atoms with Gasteiger partial charge in [-0.2, -0.15) is 0 Å². The van der Waals surface area contributed by atoms with E-state index >= 15 is 0 Å². The number of benzene rings is 7. The molecule has 0 spiro atoms. The summed E-state index contributed by atoms with van der Waals surface area (Å²) < 4.78 is 5.11. The molecule has 4 aromatic heterocycles. The Bertz CT molecular complexity index is 2990. The Balaban J connectivity index is 1.29. The topological polar surface area (TPSA) is 8.82 Å². The van der Waals surface area contributed by atoms with Crippen LogP contribution >= 0.6 is 0 Å². The lowest BCUT2D eigenvalue weighted by Crippen LogP contribution is -2.10. The Kier molecular flexibility index (Phi) is 5.69. The molecular formula is C50H40N2. The molecule has 0 aliphatic rings. The van der Waals surface area contributed by atoms with Gasteiger partial charge in [-0.15, -0.1) is 0 Å². The van der Waals surface area contributed by atoms with Crippen molar-refractivity contribution < 1.29 is 0 Å². The minimum absolute atomic E-state index is 0.121. The fourth-order valence-corrected chi connectivity index (χ4v) is 9.27. The molecule has 2 nitrogen and oxygen atoms in total. The molecule has 0 saturated carbocycles. The van der Waals surface area contributed by atoms with Crippen molar-refractivity contribution in [2.45, 2.75) is 52.4 Å². The van der Waals surface area contributed by atoms with Crippen LogP contribution in [0.25, 0.3) is 98.4 Å². The van der Waals surface area contributed by atoms with Crippen LogP contribution in [0.5, 0.6) is 0 Å². The average molecular weight is 669 g/mol. The SMILES string of the molecule is CC(C)(C)c1ccc(-c2ccc3c(c2)c2c4c5ccccc5n5c6ccc(-c7ccc(C(C)(C)C)cc7)cc6c(c6c7ccccc7n3c62)c45)cc1. The summed E-state index contributed by atoms with van der Waals surface area (Å²) in [6, 6.07) is 50.7. The van der Waals surface area contributed by atoms with Crippen LogP contribution in [-0.4, -0.2) is 8.80 Å². The molecule has 0 amide bonds. The lowest BCUT2D eigenvalue weighted by molar-refractivity contribution is 0.590. The fourth-order valence-electron chi connectivity index (χ4n) is 9.27. The van der Waals surface area contributed by atoms with Gasteiger partial charge in [0.05, 0.1) is 33.1 Å². The van der Waals surface area contributed by atoms with E-state index in [1.807, 2.05) is 0 Å². The second-order valence-corrected chi connectivity index (χ2v) is 17.0. The highest BCUT2D eigenvalue weighted by Gasteiger charge is 2.28. The Morgan fingerprint density at radius 1 is 0.327 bits per heavy atom. The minimum Gasteiger partial charge on any atom is -0.308 e. The molecular weight excluding hydrogens is 629 g/mol. The Morgan fingerprint density at radius 3 is 1.04 bits per heavy atom. The lowest BCUT2D eigenvalue weighted by Gasteiger charge is -2.19. The molecule has 0 radical (unpaired) electrons. The zero-order valence-electron chi connectivity index (χ0n) is 30.6. The van der Waals surface area contributed by atoms with Crippen molar-refractivity contribution >= 4 is 76.2 Å². The van der Waals surface area contributed by atoms with E-state index in [9.17, 15) is 0 Å². The van der Waals surface area contributed by atoms with Crippen molar-refractivity contribution in [1.29, 1.82) is 0 Å². The van der Waals surface area contributed by atoms with Crippen LogP contribution in [0.4, 0.5) is 0 Å².